The molecule has 3 nitrogen and oxygen atoms in total. The number of likely N-dealkylation sites (N-methyl/N-ethyl adjacent to an activating group) is 1. The van der Waals surface area contributed by atoms with Gasteiger partial charge in [0, 0.05) is 6.04 Å². The number of nitrogens with one attached hydrogen (secondary N) is 2. The predicted octanol–water partition coefficient (Wildman–Crippen LogP) is 1.39. The molecule has 0 unspecified atom stereocenters. The summed E-state index contributed by atoms with van der Waals surface area (Å²) in [6.07, 6.45) is 2.22. The van der Waals surface area contributed by atoms with Crippen LogP contribution in [-0.4, -0.2) is 35.5 Å². The molecule has 0 bridgehead atoms. The lowest BCUT2D eigenvalue weighted by molar-refractivity contribution is -0.127. The average Bonchev–Trinajstić information content (AvgIpc) is 2.19. The van der Waals surface area contributed by atoms with Crippen LogP contribution in [0.5, 0.6) is 0 Å². The maximum Gasteiger partial charge on any atom is 0.239 e. The molecule has 0 radical (unpaired) electrons. The topological polar surface area (TPSA) is 41.1 Å². The summed E-state index contributed by atoms with van der Waals surface area (Å²) in [6.45, 7) is 6.71. The maximum atomic E-state index is 11.9. The Bertz CT molecular complexity index is 213. The molecule has 0 atom stereocenters. The van der Waals surface area contributed by atoms with E-state index >= 15 is 0 Å². The summed E-state index contributed by atoms with van der Waals surface area (Å²) in [5, 5.41) is 6.32. The molecule has 0 saturated carbocycles. The molecule has 1 rings (SSSR count). The largest absolute Gasteiger partial charge is 0.352 e. The van der Waals surface area contributed by atoms with E-state index in [4.69, 9.17) is 0 Å². The van der Waals surface area contributed by atoms with Crippen LogP contribution in [-0.2, 0) is 4.79 Å². The van der Waals surface area contributed by atoms with Crippen molar-refractivity contribution in [2.75, 3.05) is 18.1 Å². The smallest absolute Gasteiger partial charge is 0.239 e. The fourth-order valence-electron chi connectivity index (χ4n) is 1.73. The summed E-state index contributed by atoms with van der Waals surface area (Å²) < 4.78 is 0. The van der Waals surface area contributed by atoms with E-state index < -0.39 is 5.54 Å². The van der Waals surface area contributed by atoms with Crippen LogP contribution in [0.3, 0.4) is 0 Å². The van der Waals surface area contributed by atoms with Crippen molar-refractivity contribution < 1.29 is 4.79 Å². The van der Waals surface area contributed by atoms with Gasteiger partial charge < -0.3 is 10.6 Å². The molecule has 0 aromatic rings. The fourth-order valence-corrected chi connectivity index (χ4v) is 2.84. The molecule has 0 aromatic heterocycles. The highest BCUT2D eigenvalue weighted by atomic mass is 32.2. The first-order valence-electron chi connectivity index (χ1n) is 5.70. The first kappa shape index (κ1) is 12.8. The number of hydrogen-bond donors (Lipinski definition) is 2. The summed E-state index contributed by atoms with van der Waals surface area (Å²) in [4.78, 5) is 11.9. The monoisotopic (exact) mass is 230 g/mol. The number of carbonyl (C=O) groups excluding carboxylic acids is 1. The highest BCUT2D eigenvalue weighted by Gasteiger charge is 2.28. The van der Waals surface area contributed by atoms with E-state index in [0.717, 1.165) is 19.4 Å². The van der Waals surface area contributed by atoms with Gasteiger partial charge in [-0.3, -0.25) is 4.79 Å². The molecule has 88 valence electrons. The molecular weight excluding hydrogens is 208 g/mol. The van der Waals surface area contributed by atoms with Crippen molar-refractivity contribution in [3.05, 3.63) is 0 Å². The molecular formula is C11H22N2OS. The van der Waals surface area contributed by atoms with Crippen molar-refractivity contribution in [1.82, 2.24) is 10.6 Å². The Balaban J connectivity index is 2.39. The van der Waals surface area contributed by atoms with E-state index in [1.54, 1.807) is 0 Å². The second-order valence-electron chi connectivity index (χ2n) is 4.52. The first-order chi connectivity index (χ1) is 7.06. The zero-order chi connectivity index (χ0) is 11.3. The maximum absolute atomic E-state index is 11.9. The number of rotatable bonds is 4. The van der Waals surface area contributed by atoms with Crippen molar-refractivity contribution in [2.45, 2.75) is 45.2 Å². The molecule has 2 N–H and O–H groups in total. The van der Waals surface area contributed by atoms with E-state index in [9.17, 15) is 4.79 Å². The van der Waals surface area contributed by atoms with Crippen molar-refractivity contribution in [3.8, 4) is 0 Å². The molecule has 1 saturated heterocycles. The Labute approximate surface area is 96.8 Å². The van der Waals surface area contributed by atoms with Gasteiger partial charge in [0.05, 0.1) is 5.54 Å². The molecule has 1 aliphatic rings. The molecule has 1 aliphatic heterocycles. The lowest BCUT2D eigenvalue weighted by atomic mass is 10.0. The minimum absolute atomic E-state index is 0.126. The van der Waals surface area contributed by atoms with Gasteiger partial charge in [-0.25, -0.2) is 0 Å². The van der Waals surface area contributed by atoms with Crippen molar-refractivity contribution in [1.29, 1.82) is 0 Å². The van der Waals surface area contributed by atoms with Crippen LogP contribution < -0.4 is 10.6 Å². The van der Waals surface area contributed by atoms with Gasteiger partial charge in [-0.1, -0.05) is 6.92 Å². The van der Waals surface area contributed by atoms with Gasteiger partial charge in [0.2, 0.25) is 5.91 Å². The standard InChI is InChI=1S/C11H22N2OS/c1-4-12-11(2,3)10(14)13-9-5-7-15-8-6-9/h9,12H,4-8H2,1-3H3,(H,13,14). The Kier molecular flexibility index (Phi) is 4.93. The van der Waals surface area contributed by atoms with Crippen LogP contribution in [0, 0.1) is 0 Å². The Hall–Kier alpha value is -0.220. The Morgan fingerprint density at radius 3 is 2.53 bits per heavy atom. The van der Waals surface area contributed by atoms with Crippen molar-refractivity contribution in [3.63, 3.8) is 0 Å². The summed E-state index contributed by atoms with van der Waals surface area (Å²) in [7, 11) is 0. The second kappa shape index (κ2) is 5.75. The molecule has 15 heavy (non-hydrogen) atoms. The predicted molar refractivity (Wildman–Crippen MR) is 66.2 cm³/mol. The number of thioether (sulfide) groups is 1. The summed E-state index contributed by atoms with van der Waals surface area (Å²) in [5.74, 6) is 2.47. The molecule has 1 amide bonds. The normalized spacial score (nSPS) is 18.9. The minimum atomic E-state index is -0.445. The third-order valence-electron chi connectivity index (χ3n) is 2.74. The van der Waals surface area contributed by atoms with Gasteiger partial charge in [0.1, 0.15) is 0 Å². The van der Waals surface area contributed by atoms with Gasteiger partial charge in [-0.2, -0.15) is 11.8 Å². The van der Waals surface area contributed by atoms with Crippen LogP contribution in [0.1, 0.15) is 33.6 Å². The zero-order valence-electron chi connectivity index (χ0n) is 9.93. The Morgan fingerprint density at radius 1 is 1.40 bits per heavy atom. The first-order valence-corrected chi connectivity index (χ1v) is 6.85. The van der Waals surface area contributed by atoms with Gasteiger partial charge in [0.25, 0.3) is 0 Å². The van der Waals surface area contributed by atoms with E-state index in [0.29, 0.717) is 6.04 Å². The summed E-state index contributed by atoms with van der Waals surface area (Å²) >= 11 is 1.98. The van der Waals surface area contributed by atoms with Crippen molar-refractivity contribution in [2.24, 2.45) is 0 Å². The van der Waals surface area contributed by atoms with E-state index in [2.05, 4.69) is 10.6 Å². The number of carbonyl (C=O) groups is 1. The molecule has 0 aromatic carbocycles. The average molecular weight is 230 g/mol. The van der Waals surface area contributed by atoms with E-state index in [-0.39, 0.29) is 5.91 Å². The highest BCUT2D eigenvalue weighted by Crippen LogP contribution is 2.17. The molecule has 4 heteroatoms. The number of hydrogen-bond acceptors (Lipinski definition) is 3. The molecule has 0 aliphatic carbocycles. The lowest BCUT2D eigenvalue weighted by Crippen LogP contribution is -2.55. The third kappa shape index (κ3) is 4.03. The minimum Gasteiger partial charge on any atom is -0.352 e. The third-order valence-corrected chi connectivity index (χ3v) is 3.79. The van der Waals surface area contributed by atoms with Gasteiger partial charge in [-0.15, -0.1) is 0 Å². The van der Waals surface area contributed by atoms with E-state index in [1.807, 2.05) is 32.5 Å². The zero-order valence-corrected chi connectivity index (χ0v) is 10.7. The van der Waals surface area contributed by atoms with Crippen LogP contribution in [0.25, 0.3) is 0 Å². The lowest BCUT2D eigenvalue weighted by Gasteiger charge is -2.29. The SMILES string of the molecule is CCNC(C)(C)C(=O)NC1CCSCC1. The molecule has 1 fully saturated rings. The van der Waals surface area contributed by atoms with Gasteiger partial charge in [0.15, 0.2) is 0 Å². The molecule has 0 spiro atoms. The van der Waals surface area contributed by atoms with Crippen LogP contribution in [0.15, 0.2) is 0 Å². The van der Waals surface area contributed by atoms with Gasteiger partial charge in [-0.05, 0) is 44.7 Å². The highest BCUT2D eigenvalue weighted by molar-refractivity contribution is 7.99. The van der Waals surface area contributed by atoms with Gasteiger partial charge >= 0.3 is 0 Å². The summed E-state index contributed by atoms with van der Waals surface area (Å²) in [6, 6.07) is 0.386. The number of amides is 1. The summed E-state index contributed by atoms with van der Waals surface area (Å²) in [5.41, 5.74) is -0.445. The molecule has 1 heterocycles. The fraction of sp³-hybridized carbons (Fsp3) is 0.909. The van der Waals surface area contributed by atoms with Crippen LogP contribution >= 0.6 is 11.8 Å². The van der Waals surface area contributed by atoms with Crippen LogP contribution in [0.2, 0.25) is 0 Å². The van der Waals surface area contributed by atoms with E-state index in [1.165, 1.54) is 11.5 Å². The van der Waals surface area contributed by atoms with Crippen LogP contribution in [0.4, 0.5) is 0 Å². The van der Waals surface area contributed by atoms with Crippen molar-refractivity contribution >= 4 is 17.7 Å². The Morgan fingerprint density at radius 2 is 2.00 bits per heavy atom. The second-order valence-corrected chi connectivity index (χ2v) is 5.74. The quantitative estimate of drug-likeness (QED) is 0.767.